The second-order valence-electron chi connectivity index (χ2n) is 2.94. The molecule has 0 heterocycles. The van der Waals surface area contributed by atoms with Crippen molar-refractivity contribution >= 4 is 11.8 Å². The molecule has 14 heavy (non-hydrogen) atoms. The number of benzene rings is 1. The summed E-state index contributed by atoms with van der Waals surface area (Å²) < 4.78 is 0. The molecule has 1 aromatic rings. The molecule has 72 valence electrons. The molecule has 0 amide bonds. The fourth-order valence-electron chi connectivity index (χ4n) is 1.23. The molecule has 0 atom stereocenters. The molecule has 1 heteroatoms. The Hall–Kier alpha value is -1.63. The maximum absolute atomic E-state index is 4.04. The number of aliphatic imine (C=N–C) groups is 1. The van der Waals surface area contributed by atoms with E-state index in [0.29, 0.717) is 0 Å². The normalized spacial score (nSPS) is 11.9. The molecule has 0 saturated heterocycles. The van der Waals surface area contributed by atoms with Crippen LogP contribution in [0.15, 0.2) is 54.1 Å². The van der Waals surface area contributed by atoms with Gasteiger partial charge in [0.15, 0.2) is 0 Å². The van der Waals surface area contributed by atoms with Gasteiger partial charge in [0.05, 0.1) is 0 Å². The van der Waals surface area contributed by atoms with E-state index in [1.54, 1.807) is 7.05 Å². The quantitative estimate of drug-likeness (QED) is 0.504. The van der Waals surface area contributed by atoms with Gasteiger partial charge in [-0.15, -0.1) is 6.58 Å². The summed E-state index contributed by atoms with van der Waals surface area (Å²) >= 11 is 0. The summed E-state index contributed by atoms with van der Waals surface area (Å²) in [6.45, 7) is 3.70. The summed E-state index contributed by atoms with van der Waals surface area (Å²) in [6.07, 6.45) is 6.75. The minimum atomic E-state index is 0.871. The highest BCUT2D eigenvalue weighted by atomic mass is 14.6. The van der Waals surface area contributed by atoms with Crippen LogP contribution in [0.4, 0.5) is 0 Å². The molecule has 0 aliphatic rings. The van der Waals surface area contributed by atoms with Crippen molar-refractivity contribution in [3.63, 3.8) is 0 Å². The van der Waals surface area contributed by atoms with Crippen LogP contribution in [0.3, 0.4) is 0 Å². The van der Waals surface area contributed by atoms with E-state index in [0.717, 1.165) is 12.0 Å². The average Bonchev–Trinajstić information content (AvgIpc) is 2.25. The number of nitrogens with zero attached hydrogens (tertiary/aromatic N) is 1. The van der Waals surface area contributed by atoms with Crippen LogP contribution >= 0.6 is 0 Å². The maximum atomic E-state index is 4.04. The van der Waals surface area contributed by atoms with Crippen molar-refractivity contribution < 1.29 is 0 Å². The minimum absolute atomic E-state index is 0.871. The van der Waals surface area contributed by atoms with Gasteiger partial charge in [-0.3, -0.25) is 4.99 Å². The number of hydrogen-bond donors (Lipinski definition) is 0. The lowest BCUT2D eigenvalue weighted by molar-refractivity contribution is 1.41. The molecule has 0 aliphatic carbocycles. The van der Waals surface area contributed by atoms with Gasteiger partial charge in [-0.1, -0.05) is 42.5 Å². The van der Waals surface area contributed by atoms with Gasteiger partial charge < -0.3 is 0 Å². The van der Waals surface area contributed by atoms with E-state index in [1.165, 1.54) is 5.56 Å². The van der Waals surface area contributed by atoms with Crippen LogP contribution in [-0.2, 0) is 0 Å². The molecule has 0 radical (unpaired) electrons. The van der Waals surface area contributed by atoms with Gasteiger partial charge in [-0.05, 0) is 17.6 Å². The fraction of sp³-hybridized carbons (Fsp3) is 0.154. The Morgan fingerprint density at radius 2 is 2.07 bits per heavy atom. The van der Waals surface area contributed by atoms with Gasteiger partial charge >= 0.3 is 0 Å². The first-order valence-electron chi connectivity index (χ1n) is 4.67. The summed E-state index contributed by atoms with van der Waals surface area (Å²) in [6, 6.07) is 10.2. The topological polar surface area (TPSA) is 12.4 Å². The van der Waals surface area contributed by atoms with Gasteiger partial charge in [0.25, 0.3) is 0 Å². The number of hydrogen-bond acceptors (Lipinski definition) is 1. The molecule has 0 saturated carbocycles. The molecule has 0 unspecified atom stereocenters. The molecule has 0 bridgehead atoms. The van der Waals surface area contributed by atoms with Crippen molar-refractivity contribution in [1.29, 1.82) is 0 Å². The summed E-state index contributed by atoms with van der Waals surface area (Å²) in [4.78, 5) is 4.04. The Kier molecular flexibility index (Phi) is 4.42. The lowest BCUT2D eigenvalue weighted by Gasteiger charge is -2.00. The zero-order valence-corrected chi connectivity index (χ0v) is 8.48. The first kappa shape index (κ1) is 10.5. The third-order valence-corrected chi connectivity index (χ3v) is 1.88. The van der Waals surface area contributed by atoms with Crippen molar-refractivity contribution in [2.45, 2.75) is 6.42 Å². The Morgan fingerprint density at radius 3 is 2.64 bits per heavy atom. The summed E-state index contributed by atoms with van der Waals surface area (Å²) in [5, 5.41) is 0. The van der Waals surface area contributed by atoms with Crippen LogP contribution in [0.5, 0.6) is 0 Å². The summed E-state index contributed by atoms with van der Waals surface area (Å²) in [5.74, 6) is 0. The van der Waals surface area contributed by atoms with Gasteiger partial charge in [-0.2, -0.15) is 0 Å². The van der Waals surface area contributed by atoms with E-state index in [9.17, 15) is 0 Å². The second-order valence-corrected chi connectivity index (χ2v) is 2.94. The molecule has 1 aromatic carbocycles. The zero-order chi connectivity index (χ0) is 10.2. The minimum Gasteiger partial charge on any atom is -0.296 e. The predicted octanol–water partition coefficient (Wildman–Crippen LogP) is 3.35. The third-order valence-electron chi connectivity index (χ3n) is 1.88. The number of rotatable bonds is 4. The first-order valence-corrected chi connectivity index (χ1v) is 4.67. The van der Waals surface area contributed by atoms with Crippen molar-refractivity contribution in [3.8, 4) is 0 Å². The van der Waals surface area contributed by atoms with E-state index in [2.05, 4.69) is 29.8 Å². The SMILES string of the molecule is C=CC/C=C(\C=NC)c1ccccc1. The fourth-order valence-corrected chi connectivity index (χ4v) is 1.23. The molecule has 1 nitrogen and oxygen atoms in total. The van der Waals surface area contributed by atoms with E-state index in [-0.39, 0.29) is 0 Å². The maximum Gasteiger partial charge on any atom is 0.0284 e. The standard InChI is InChI=1S/C13H15N/c1-3-4-8-13(11-14-2)12-9-6-5-7-10-12/h3,5-11H,1,4H2,2H3/b13-8+,14-11?. The molecule has 0 fully saturated rings. The molecule has 0 N–H and O–H groups in total. The van der Waals surface area contributed by atoms with Crippen molar-refractivity contribution in [3.05, 3.63) is 54.6 Å². The lowest BCUT2D eigenvalue weighted by Crippen LogP contribution is -1.85. The molecule has 0 spiro atoms. The Balaban J connectivity index is 2.94. The Morgan fingerprint density at radius 1 is 1.36 bits per heavy atom. The lowest BCUT2D eigenvalue weighted by atomic mass is 10.1. The summed E-state index contributed by atoms with van der Waals surface area (Å²) in [7, 11) is 1.78. The first-order chi connectivity index (χ1) is 6.88. The highest BCUT2D eigenvalue weighted by Gasteiger charge is 1.95. The van der Waals surface area contributed by atoms with Crippen LogP contribution in [-0.4, -0.2) is 13.3 Å². The molecule has 0 aromatic heterocycles. The molecular formula is C13H15N. The van der Waals surface area contributed by atoms with E-state index in [1.807, 2.05) is 30.5 Å². The monoisotopic (exact) mass is 185 g/mol. The Labute approximate surface area is 85.5 Å². The highest BCUT2D eigenvalue weighted by molar-refractivity contribution is 6.09. The third kappa shape index (κ3) is 3.02. The molecule has 0 aliphatic heterocycles. The van der Waals surface area contributed by atoms with E-state index in [4.69, 9.17) is 0 Å². The van der Waals surface area contributed by atoms with Gasteiger partial charge in [-0.25, -0.2) is 0 Å². The molecular weight excluding hydrogens is 170 g/mol. The van der Waals surface area contributed by atoms with Crippen molar-refractivity contribution in [2.75, 3.05) is 7.05 Å². The van der Waals surface area contributed by atoms with Crippen LogP contribution in [0.2, 0.25) is 0 Å². The summed E-state index contributed by atoms with van der Waals surface area (Å²) in [5.41, 5.74) is 2.34. The molecule has 1 rings (SSSR count). The van der Waals surface area contributed by atoms with E-state index < -0.39 is 0 Å². The van der Waals surface area contributed by atoms with Gasteiger partial charge in [0.1, 0.15) is 0 Å². The largest absolute Gasteiger partial charge is 0.296 e. The second kappa shape index (κ2) is 5.92. The van der Waals surface area contributed by atoms with Crippen LogP contribution in [0.25, 0.3) is 5.57 Å². The van der Waals surface area contributed by atoms with E-state index >= 15 is 0 Å². The van der Waals surface area contributed by atoms with Crippen LogP contribution in [0, 0.1) is 0 Å². The van der Waals surface area contributed by atoms with Crippen molar-refractivity contribution in [2.24, 2.45) is 4.99 Å². The zero-order valence-electron chi connectivity index (χ0n) is 8.48. The van der Waals surface area contributed by atoms with Gasteiger partial charge in [0.2, 0.25) is 0 Å². The predicted molar refractivity (Wildman–Crippen MR) is 63.6 cm³/mol. The van der Waals surface area contributed by atoms with Crippen LogP contribution in [0.1, 0.15) is 12.0 Å². The van der Waals surface area contributed by atoms with Gasteiger partial charge in [0, 0.05) is 13.3 Å². The average molecular weight is 185 g/mol. The highest BCUT2D eigenvalue weighted by Crippen LogP contribution is 2.12. The smallest absolute Gasteiger partial charge is 0.0284 e. The Bertz CT molecular complexity index is 334. The van der Waals surface area contributed by atoms with Crippen molar-refractivity contribution in [1.82, 2.24) is 0 Å². The number of allylic oxidation sites excluding steroid dienone is 3. The van der Waals surface area contributed by atoms with Crippen LogP contribution < -0.4 is 0 Å².